The molecule has 5 nitrogen and oxygen atoms in total. The van der Waals surface area contributed by atoms with Crippen LogP contribution in [-0.4, -0.2) is 48.5 Å². The Kier molecular flexibility index (Phi) is 7.98. The van der Waals surface area contributed by atoms with E-state index in [4.69, 9.17) is 4.74 Å². The van der Waals surface area contributed by atoms with Gasteiger partial charge in [0.15, 0.2) is 12.1 Å². The lowest BCUT2D eigenvalue weighted by Crippen LogP contribution is -3.00. The standard InChI is InChI=1S/C31H31N2O3S.BrH/c34-27(24-11-12-29-25(19-24)15-18-37-29)20-33-16-13-22(14-17-33)28(21-33)36-31(35)30(23-7-3-1-4-8-23)32-26-9-5-2-6-10-26;/h1-12,15,18-19,22,28,30,32H,13-14,16-17,20-21H2;1H/q+1;/p-1. The van der Waals surface area contributed by atoms with Gasteiger partial charge in [0.2, 0.25) is 5.78 Å². The number of thiophene rings is 1. The van der Waals surface area contributed by atoms with Crippen molar-refractivity contribution in [1.82, 2.24) is 0 Å². The molecule has 3 aromatic carbocycles. The van der Waals surface area contributed by atoms with Gasteiger partial charge in [0, 0.05) is 34.7 Å². The number of esters is 1. The number of nitrogens with zero attached hydrogens (tertiary/aromatic N) is 1. The van der Waals surface area contributed by atoms with E-state index in [0.717, 1.165) is 48.1 Å². The molecule has 38 heavy (non-hydrogen) atoms. The highest BCUT2D eigenvalue weighted by Crippen LogP contribution is 2.37. The lowest BCUT2D eigenvalue weighted by atomic mass is 9.82. The molecule has 3 aliphatic rings. The van der Waals surface area contributed by atoms with Gasteiger partial charge in [-0.2, -0.15) is 0 Å². The van der Waals surface area contributed by atoms with Gasteiger partial charge >= 0.3 is 5.97 Å². The molecule has 3 fully saturated rings. The van der Waals surface area contributed by atoms with E-state index < -0.39 is 6.04 Å². The van der Waals surface area contributed by atoms with Gasteiger partial charge in [-0.15, -0.1) is 11.3 Å². The number of nitrogens with one attached hydrogen (secondary N) is 1. The van der Waals surface area contributed by atoms with E-state index in [9.17, 15) is 9.59 Å². The first-order valence-corrected chi connectivity index (χ1v) is 13.9. The molecule has 196 valence electrons. The van der Waals surface area contributed by atoms with Gasteiger partial charge < -0.3 is 31.5 Å². The third-order valence-electron chi connectivity index (χ3n) is 8.02. The molecule has 0 amide bonds. The molecule has 0 saturated carbocycles. The average molecular weight is 592 g/mol. The van der Waals surface area contributed by atoms with Crippen molar-refractivity contribution >= 4 is 38.9 Å². The molecule has 3 saturated heterocycles. The van der Waals surface area contributed by atoms with Crippen LogP contribution in [0.5, 0.6) is 0 Å². The monoisotopic (exact) mass is 590 g/mol. The first-order chi connectivity index (χ1) is 18.1. The average Bonchev–Trinajstić information content (AvgIpc) is 3.41. The fraction of sp³-hybridized carbons (Fsp3) is 0.290. The second-order valence-electron chi connectivity index (χ2n) is 10.4. The van der Waals surface area contributed by atoms with Crippen molar-refractivity contribution in [3.8, 4) is 0 Å². The maximum absolute atomic E-state index is 13.6. The summed E-state index contributed by atoms with van der Waals surface area (Å²) in [6.07, 6.45) is 1.79. The number of fused-ring (bicyclic) bond motifs is 4. The molecule has 0 radical (unpaired) electrons. The van der Waals surface area contributed by atoms with E-state index in [0.29, 0.717) is 23.5 Å². The number of Topliss-reactive ketones (excluding diaryl/α,β-unsaturated/α-hetero) is 1. The SMILES string of the molecule is O=C(C[N+]12CCC(CC1)C(OC(=O)C(Nc1ccccc1)c1ccccc1)C2)c1ccc2sccc2c1.[Br-]. The maximum atomic E-state index is 13.6. The van der Waals surface area contributed by atoms with Gasteiger partial charge in [0.1, 0.15) is 13.1 Å². The van der Waals surface area contributed by atoms with Gasteiger partial charge in [-0.25, -0.2) is 4.79 Å². The van der Waals surface area contributed by atoms with Crippen LogP contribution in [0.25, 0.3) is 10.1 Å². The van der Waals surface area contributed by atoms with E-state index in [1.807, 2.05) is 78.9 Å². The number of hydrogen-bond acceptors (Lipinski definition) is 5. The molecule has 1 N–H and O–H groups in total. The normalized spacial score (nSPS) is 22.8. The Labute approximate surface area is 237 Å². The van der Waals surface area contributed by atoms with E-state index in [2.05, 4.69) is 16.8 Å². The number of quaternary nitrogens is 1. The molecular weight excluding hydrogens is 560 g/mol. The molecule has 2 atom stereocenters. The van der Waals surface area contributed by atoms with Gasteiger partial charge in [-0.1, -0.05) is 48.5 Å². The van der Waals surface area contributed by atoms with E-state index in [1.165, 1.54) is 4.70 Å². The van der Waals surface area contributed by atoms with Crippen molar-refractivity contribution in [2.45, 2.75) is 25.0 Å². The van der Waals surface area contributed by atoms with Gasteiger partial charge in [0.25, 0.3) is 0 Å². The number of anilines is 1. The quantitative estimate of drug-likeness (QED) is 0.195. The van der Waals surface area contributed by atoms with Gasteiger partial charge in [-0.05, 0) is 52.7 Å². The van der Waals surface area contributed by atoms with E-state index >= 15 is 0 Å². The Hall–Kier alpha value is -3.00. The van der Waals surface area contributed by atoms with Crippen LogP contribution in [-0.2, 0) is 9.53 Å². The van der Waals surface area contributed by atoms with Crippen molar-refractivity contribution in [1.29, 1.82) is 0 Å². The van der Waals surface area contributed by atoms with Crippen LogP contribution >= 0.6 is 11.3 Å². The predicted octanol–water partition coefficient (Wildman–Crippen LogP) is 3.09. The van der Waals surface area contributed by atoms with Crippen LogP contribution in [0.2, 0.25) is 0 Å². The lowest BCUT2D eigenvalue weighted by molar-refractivity contribution is -0.938. The summed E-state index contributed by atoms with van der Waals surface area (Å²) in [4.78, 5) is 26.9. The highest BCUT2D eigenvalue weighted by atomic mass is 79.9. The second kappa shape index (κ2) is 11.4. The minimum atomic E-state index is -0.591. The maximum Gasteiger partial charge on any atom is 0.333 e. The molecule has 4 heterocycles. The molecule has 1 aromatic heterocycles. The zero-order chi connectivity index (χ0) is 25.2. The second-order valence-corrected chi connectivity index (χ2v) is 11.3. The molecule has 0 spiro atoms. The Balaban J connectivity index is 0.00000294. The zero-order valence-electron chi connectivity index (χ0n) is 21.1. The third-order valence-corrected chi connectivity index (χ3v) is 8.91. The minimum Gasteiger partial charge on any atom is -1.00 e. The largest absolute Gasteiger partial charge is 1.00 e. The summed E-state index contributed by atoms with van der Waals surface area (Å²) in [6, 6.07) is 27.0. The Morgan fingerprint density at radius 3 is 2.39 bits per heavy atom. The van der Waals surface area contributed by atoms with Crippen molar-refractivity contribution in [3.63, 3.8) is 0 Å². The fourth-order valence-corrected chi connectivity index (χ4v) is 6.73. The number of rotatable bonds is 8. The molecule has 3 aliphatic heterocycles. The number of piperidine rings is 3. The van der Waals surface area contributed by atoms with Gasteiger partial charge in [0.05, 0.1) is 13.1 Å². The number of carbonyl (C=O) groups excluding carboxylic acids is 2. The number of ether oxygens (including phenoxy) is 1. The number of para-hydroxylation sites is 1. The van der Waals surface area contributed by atoms with E-state index in [1.54, 1.807) is 11.3 Å². The van der Waals surface area contributed by atoms with Gasteiger partial charge in [-0.3, -0.25) is 4.79 Å². The smallest absolute Gasteiger partial charge is 0.333 e. The van der Waals surface area contributed by atoms with Crippen LogP contribution in [0, 0.1) is 5.92 Å². The summed E-state index contributed by atoms with van der Waals surface area (Å²) >= 11 is 1.69. The highest BCUT2D eigenvalue weighted by Gasteiger charge is 2.49. The minimum absolute atomic E-state index is 0. The Morgan fingerprint density at radius 1 is 0.947 bits per heavy atom. The van der Waals surface area contributed by atoms with Crippen molar-refractivity contribution < 1.29 is 35.8 Å². The first-order valence-electron chi connectivity index (χ1n) is 13.0. The van der Waals surface area contributed by atoms with Crippen molar-refractivity contribution in [2.75, 3.05) is 31.5 Å². The Morgan fingerprint density at radius 2 is 1.66 bits per heavy atom. The summed E-state index contributed by atoms with van der Waals surface area (Å²) in [7, 11) is 0. The molecule has 7 rings (SSSR count). The summed E-state index contributed by atoms with van der Waals surface area (Å²) in [5, 5.41) is 6.55. The van der Waals surface area contributed by atoms with Crippen LogP contribution in [0.1, 0.15) is 34.8 Å². The van der Waals surface area contributed by atoms with Crippen molar-refractivity contribution in [3.05, 3.63) is 101 Å². The predicted molar refractivity (Wildman–Crippen MR) is 148 cm³/mol. The number of carbonyl (C=O) groups is 2. The van der Waals surface area contributed by atoms with Crippen LogP contribution < -0.4 is 22.3 Å². The summed E-state index contributed by atoms with van der Waals surface area (Å²) < 4.78 is 8.15. The highest BCUT2D eigenvalue weighted by molar-refractivity contribution is 7.17. The molecule has 7 heteroatoms. The summed E-state index contributed by atoms with van der Waals surface area (Å²) in [5.41, 5.74) is 2.52. The molecular formula is C31H31BrN2O3S. The van der Waals surface area contributed by atoms with Crippen LogP contribution in [0.4, 0.5) is 5.69 Å². The molecule has 2 unspecified atom stereocenters. The number of hydrogen-bond donors (Lipinski definition) is 1. The Bertz CT molecular complexity index is 1400. The number of ketones is 1. The van der Waals surface area contributed by atoms with Crippen LogP contribution in [0.15, 0.2) is 90.3 Å². The number of benzene rings is 3. The molecule has 4 aromatic rings. The lowest BCUT2D eigenvalue weighted by Gasteiger charge is -2.51. The number of halogens is 1. The third kappa shape index (κ3) is 5.55. The summed E-state index contributed by atoms with van der Waals surface area (Å²) in [5.74, 6) is 0.266. The summed E-state index contributed by atoms with van der Waals surface area (Å²) in [6.45, 7) is 3.10. The first kappa shape index (κ1) is 26.6. The van der Waals surface area contributed by atoms with E-state index in [-0.39, 0.29) is 34.8 Å². The topological polar surface area (TPSA) is 55.4 Å². The van der Waals surface area contributed by atoms with Crippen LogP contribution in [0.3, 0.4) is 0 Å². The zero-order valence-corrected chi connectivity index (χ0v) is 23.5. The fourth-order valence-electron chi connectivity index (χ4n) is 5.95. The molecule has 2 bridgehead atoms. The molecule has 0 aliphatic carbocycles. The van der Waals surface area contributed by atoms with Crippen molar-refractivity contribution in [2.24, 2.45) is 5.92 Å².